The lowest BCUT2D eigenvalue weighted by Crippen LogP contribution is -2.47. The summed E-state index contributed by atoms with van der Waals surface area (Å²) in [4.78, 5) is 0. The first-order valence-electron chi connectivity index (χ1n) is 4.13. The lowest BCUT2D eigenvalue weighted by Gasteiger charge is -2.35. The maximum atomic E-state index is 9.82. The van der Waals surface area contributed by atoms with Crippen LogP contribution in [-0.2, 0) is 0 Å². The summed E-state index contributed by atoms with van der Waals surface area (Å²) in [6.45, 7) is 1.89. The quantitative estimate of drug-likeness (QED) is 0.576. The molecule has 0 amide bonds. The summed E-state index contributed by atoms with van der Waals surface area (Å²) >= 11 is 0. The number of nitrogens with two attached hydrogens (primary N) is 1. The fourth-order valence-corrected chi connectivity index (χ4v) is 1.62. The molecule has 60 valence electrons. The van der Waals surface area contributed by atoms with E-state index in [0.29, 0.717) is 0 Å². The second kappa shape index (κ2) is 2.89. The van der Waals surface area contributed by atoms with Gasteiger partial charge in [-0.05, 0) is 19.8 Å². The van der Waals surface area contributed by atoms with E-state index in [1.165, 1.54) is 6.42 Å². The molecule has 0 spiro atoms. The molecule has 10 heavy (non-hydrogen) atoms. The summed E-state index contributed by atoms with van der Waals surface area (Å²) in [6, 6.07) is -0.0622. The molecule has 1 aliphatic carbocycles. The molecule has 0 radical (unpaired) electrons. The van der Waals surface area contributed by atoms with E-state index >= 15 is 0 Å². The van der Waals surface area contributed by atoms with Gasteiger partial charge in [-0.15, -0.1) is 0 Å². The van der Waals surface area contributed by atoms with Crippen LogP contribution in [0.1, 0.15) is 39.0 Å². The predicted octanol–water partition coefficient (Wildman–Crippen LogP) is 1.03. The average Bonchev–Trinajstić information content (AvgIpc) is 1.89. The van der Waals surface area contributed by atoms with E-state index in [1.807, 2.05) is 6.92 Å². The predicted molar refractivity (Wildman–Crippen MR) is 41.7 cm³/mol. The molecule has 1 fully saturated rings. The van der Waals surface area contributed by atoms with Crippen molar-refractivity contribution in [1.82, 2.24) is 0 Å². The van der Waals surface area contributed by atoms with E-state index in [-0.39, 0.29) is 6.04 Å². The highest BCUT2D eigenvalue weighted by molar-refractivity contribution is 4.88. The van der Waals surface area contributed by atoms with Crippen molar-refractivity contribution in [2.45, 2.75) is 50.7 Å². The second-order valence-electron chi connectivity index (χ2n) is 3.45. The molecule has 0 heterocycles. The van der Waals surface area contributed by atoms with Crippen molar-refractivity contribution in [1.29, 1.82) is 0 Å². The van der Waals surface area contributed by atoms with E-state index < -0.39 is 5.60 Å². The van der Waals surface area contributed by atoms with Crippen LogP contribution in [0.5, 0.6) is 0 Å². The van der Waals surface area contributed by atoms with Gasteiger partial charge >= 0.3 is 0 Å². The van der Waals surface area contributed by atoms with E-state index in [0.717, 1.165) is 25.7 Å². The summed E-state index contributed by atoms with van der Waals surface area (Å²) in [5.74, 6) is 0. The Balaban J connectivity index is 2.48. The van der Waals surface area contributed by atoms with Crippen LogP contribution in [-0.4, -0.2) is 16.7 Å². The third-order valence-corrected chi connectivity index (χ3v) is 2.57. The Labute approximate surface area is 62.4 Å². The fourth-order valence-electron chi connectivity index (χ4n) is 1.62. The zero-order chi connectivity index (χ0) is 7.61. The standard InChI is InChI=1S/C8H17NO/c1-7(9)8(10)5-3-2-4-6-8/h7,10H,2-6,9H2,1H3. The van der Waals surface area contributed by atoms with Gasteiger partial charge in [0.2, 0.25) is 0 Å². The SMILES string of the molecule is CC(N)C1(O)CCCCC1. The van der Waals surface area contributed by atoms with E-state index in [4.69, 9.17) is 5.73 Å². The van der Waals surface area contributed by atoms with Gasteiger partial charge in [0.05, 0.1) is 5.60 Å². The van der Waals surface area contributed by atoms with Gasteiger partial charge in [-0.3, -0.25) is 0 Å². The Morgan fingerprint density at radius 1 is 1.30 bits per heavy atom. The van der Waals surface area contributed by atoms with Gasteiger partial charge in [-0.1, -0.05) is 19.3 Å². The monoisotopic (exact) mass is 143 g/mol. The van der Waals surface area contributed by atoms with Crippen LogP contribution in [0, 0.1) is 0 Å². The van der Waals surface area contributed by atoms with Crippen LogP contribution in [0.4, 0.5) is 0 Å². The second-order valence-corrected chi connectivity index (χ2v) is 3.45. The molecule has 0 aromatic rings. The number of hydrogen-bond acceptors (Lipinski definition) is 2. The Hall–Kier alpha value is -0.0800. The maximum absolute atomic E-state index is 9.82. The molecule has 0 bridgehead atoms. The molecule has 1 saturated carbocycles. The molecule has 0 saturated heterocycles. The Kier molecular flexibility index (Phi) is 2.32. The first kappa shape index (κ1) is 8.02. The zero-order valence-electron chi connectivity index (χ0n) is 6.64. The Bertz CT molecular complexity index is 106. The number of rotatable bonds is 1. The van der Waals surface area contributed by atoms with Crippen LogP contribution >= 0.6 is 0 Å². The molecule has 3 N–H and O–H groups in total. The lowest BCUT2D eigenvalue weighted by molar-refractivity contribution is -0.0144. The minimum atomic E-state index is -0.543. The maximum Gasteiger partial charge on any atom is 0.0795 e. The summed E-state index contributed by atoms with van der Waals surface area (Å²) in [7, 11) is 0. The summed E-state index contributed by atoms with van der Waals surface area (Å²) in [5, 5.41) is 9.82. The first-order valence-corrected chi connectivity index (χ1v) is 4.13. The Morgan fingerprint density at radius 2 is 1.80 bits per heavy atom. The molecule has 0 aromatic carbocycles. The van der Waals surface area contributed by atoms with Gasteiger partial charge in [0.15, 0.2) is 0 Å². The minimum absolute atomic E-state index is 0.0622. The van der Waals surface area contributed by atoms with Gasteiger partial charge in [0.25, 0.3) is 0 Å². The van der Waals surface area contributed by atoms with E-state index in [9.17, 15) is 5.11 Å². The summed E-state index contributed by atoms with van der Waals surface area (Å²) < 4.78 is 0. The van der Waals surface area contributed by atoms with Crippen molar-refractivity contribution in [3.63, 3.8) is 0 Å². The summed E-state index contributed by atoms with van der Waals surface area (Å²) in [5.41, 5.74) is 5.11. The van der Waals surface area contributed by atoms with Gasteiger partial charge in [0.1, 0.15) is 0 Å². The van der Waals surface area contributed by atoms with Crippen LogP contribution < -0.4 is 5.73 Å². The van der Waals surface area contributed by atoms with Crippen molar-refractivity contribution in [3.05, 3.63) is 0 Å². The minimum Gasteiger partial charge on any atom is -0.388 e. The van der Waals surface area contributed by atoms with Gasteiger partial charge in [0, 0.05) is 6.04 Å². The van der Waals surface area contributed by atoms with Crippen LogP contribution in [0.2, 0.25) is 0 Å². The average molecular weight is 143 g/mol. The molecule has 0 aromatic heterocycles. The number of aliphatic hydroxyl groups is 1. The van der Waals surface area contributed by atoms with Crippen LogP contribution in [0.15, 0.2) is 0 Å². The largest absolute Gasteiger partial charge is 0.388 e. The van der Waals surface area contributed by atoms with Gasteiger partial charge < -0.3 is 10.8 Å². The van der Waals surface area contributed by atoms with Crippen molar-refractivity contribution in [3.8, 4) is 0 Å². The molecule has 1 atom stereocenters. The number of hydrogen-bond donors (Lipinski definition) is 2. The first-order chi connectivity index (χ1) is 4.65. The topological polar surface area (TPSA) is 46.2 Å². The highest BCUT2D eigenvalue weighted by atomic mass is 16.3. The highest BCUT2D eigenvalue weighted by Crippen LogP contribution is 2.29. The van der Waals surface area contributed by atoms with Crippen molar-refractivity contribution < 1.29 is 5.11 Å². The summed E-state index contributed by atoms with van der Waals surface area (Å²) in [6.07, 6.45) is 5.32. The zero-order valence-corrected chi connectivity index (χ0v) is 6.64. The molecule has 0 aliphatic heterocycles. The third-order valence-electron chi connectivity index (χ3n) is 2.57. The normalized spacial score (nSPS) is 27.9. The molecule has 1 rings (SSSR count). The molecule has 1 unspecified atom stereocenters. The fraction of sp³-hybridized carbons (Fsp3) is 1.00. The van der Waals surface area contributed by atoms with Crippen LogP contribution in [0.25, 0.3) is 0 Å². The molecule has 1 aliphatic rings. The van der Waals surface area contributed by atoms with Crippen molar-refractivity contribution in [2.75, 3.05) is 0 Å². The third kappa shape index (κ3) is 1.50. The molecule has 2 heteroatoms. The molecule has 2 nitrogen and oxygen atoms in total. The smallest absolute Gasteiger partial charge is 0.0795 e. The van der Waals surface area contributed by atoms with Crippen molar-refractivity contribution >= 4 is 0 Å². The van der Waals surface area contributed by atoms with Gasteiger partial charge in [-0.2, -0.15) is 0 Å². The lowest BCUT2D eigenvalue weighted by atomic mass is 9.80. The van der Waals surface area contributed by atoms with E-state index in [1.54, 1.807) is 0 Å². The van der Waals surface area contributed by atoms with Crippen LogP contribution in [0.3, 0.4) is 0 Å². The highest BCUT2D eigenvalue weighted by Gasteiger charge is 2.32. The molecular weight excluding hydrogens is 126 g/mol. The Morgan fingerprint density at radius 3 is 2.10 bits per heavy atom. The van der Waals surface area contributed by atoms with Gasteiger partial charge in [-0.25, -0.2) is 0 Å². The molecular formula is C8H17NO. The van der Waals surface area contributed by atoms with Crippen molar-refractivity contribution in [2.24, 2.45) is 5.73 Å². The van der Waals surface area contributed by atoms with E-state index in [2.05, 4.69) is 0 Å².